The van der Waals surface area contributed by atoms with Crippen LogP contribution in [0, 0.1) is 5.92 Å². The van der Waals surface area contributed by atoms with Gasteiger partial charge in [0.1, 0.15) is 12.1 Å². The molecule has 0 aromatic carbocycles. The van der Waals surface area contributed by atoms with Crippen LogP contribution in [0.1, 0.15) is 27.2 Å². The number of hydrogen-bond donors (Lipinski definition) is 2. The Labute approximate surface area is 140 Å². The first-order chi connectivity index (χ1) is 11.5. The third kappa shape index (κ3) is 3.07. The van der Waals surface area contributed by atoms with Crippen LogP contribution in [0.5, 0.6) is 0 Å². The van der Waals surface area contributed by atoms with E-state index >= 15 is 0 Å². The second kappa shape index (κ2) is 6.52. The van der Waals surface area contributed by atoms with E-state index in [-0.39, 0.29) is 5.92 Å². The van der Waals surface area contributed by atoms with Crippen molar-refractivity contribution in [1.82, 2.24) is 24.7 Å². The van der Waals surface area contributed by atoms with Crippen molar-refractivity contribution in [3.8, 4) is 5.69 Å². The highest BCUT2D eigenvalue weighted by molar-refractivity contribution is 5.87. The zero-order valence-electron chi connectivity index (χ0n) is 14.1. The largest absolute Gasteiger partial charge is 0.388 e. The van der Waals surface area contributed by atoms with E-state index in [2.05, 4.69) is 32.3 Å². The molecule has 2 unspecified atom stereocenters. The number of rotatable bonds is 6. The maximum atomic E-state index is 10.6. The minimum absolute atomic E-state index is 0.182. The van der Waals surface area contributed by atoms with Crippen molar-refractivity contribution in [1.29, 1.82) is 0 Å². The Morgan fingerprint density at radius 3 is 2.75 bits per heavy atom. The summed E-state index contributed by atoms with van der Waals surface area (Å²) in [5.74, 6) is 0.853. The number of aliphatic hydroxyl groups is 1. The van der Waals surface area contributed by atoms with Crippen LogP contribution in [-0.2, 0) is 0 Å². The summed E-state index contributed by atoms with van der Waals surface area (Å²) in [4.78, 5) is 12.7. The molecule has 3 rings (SSSR count). The molecule has 0 radical (unpaired) electrons. The van der Waals surface area contributed by atoms with Crippen LogP contribution in [0.4, 0.5) is 5.82 Å². The first kappa shape index (κ1) is 16.3. The molecular formula is C17H22N6O. The van der Waals surface area contributed by atoms with Gasteiger partial charge in [0, 0.05) is 18.9 Å². The predicted molar refractivity (Wildman–Crippen MR) is 93.0 cm³/mol. The number of nitrogens with zero attached hydrogens (tertiary/aromatic N) is 5. The molecule has 24 heavy (non-hydrogen) atoms. The molecule has 3 heterocycles. The molecule has 0 saturated carbocycles. The van der Waals surface area contributed by atoms with Crippen LogP contribution >= 0.6 is 0 Å². The smallest absolute Gasteiger partial charge is 0.168 e. The molecule has 0 fully saturated rings. The van der Waals surface area contributed by atoms with Crippen LogP contribution in [0.2, 0.25) is 0 Å². The van der Waals surface area contributed by atoms with Gasteiger partial charge in [0.15, 0.2) is 5.65 Å². The monoisotopic (exact) mass is 326 g/mol. The van der Waals surface area contributed by atoms with Gasteiger partial charge in [-0.25, -0.2) is 14.6 Å². The molecule has 126 valence electrons. The van der Waals surface area contributed by atoms with E-state index < -0.39 is 5.60 Å². The molecule has 0 aliphatic heterocycles. The molecule has 3 aromatic heterocycles. The Kier molecular flexibility index (Phi) is 4.44. The Balaban J connectivity index is 1.90. The van der Waals surface area contributed by atoms with E-state index in [9.17, 15) is 5.11 Å². The number of aromatic nitrogens is 5. The molecular weight excluding hydrogens is 304 g/mol. The van der Waals surface area contributed by atoms with Crippen molar-refractivity contribution >= 4 is 16.9 Å². The summed E-state index contributed by atoms with van der Waals surface area (Å²) in [7, 11) is 0. The fourth-order valence-electron chi connectivity index (χ4n) is 2.54. The fourth-order valence-corrected chi connectivity index (χ4v) is 2.54. The third-order valence-electron chi connectivity index (χ3n) is 4.56. The van der Waals surface area contributed by atoms with Gasteiger partial charge in [0.25, 0.3) is 0 Å². The summed E-state index contributed by atoms with van der Waals surface area (Å²) in [6.45, 7) is 6.36. The van der Waals surface area contributed by atoms with Crippen molar-refractivity contribution in [2.75, 3.05) is 11.9 Å². The minimum atomic E-state index is -0.812. The van der Waals surface area contributed by atoms with Gasteiger partial charge >= 0.3 is 0 Å². The number of anilines is 1. The molecule has 2 N–H and O–H groups in total. The molecule has 3 aromatic rings. The first-order valence-corrected chi connectivity index (χ1v) is 8.08. The molecule has 0 saturated heterocycles. The molecule has 0 aliphatic rings. The standard InChI is InChI=1S/C17H22N6O/c1-4-12(2)17(3,24)10-19-15-14-9-22-23(16(14)21-11-20-15)13-5-7-18-8-6-13/h5-9,11-12,24H,4,10H2,1-3H3,(H,19,20,21). The zero-order chi connectivity index (χ0) is 17.2. The Hall–Kier alpha value is -2.54. The lowest BCUT2D eigenvalue weighted by Crippen LogP contribution is -2.40. The number of fused-ring (bicyclic) bond motifs is 1. The Morgan fingerprint density at radius 1 is 1.29 bits per heavy atom. The lowest BCUT2D eigenvalue weighted by molar-refractivity contribution is 0.0175. The average Bonchev–Trinajstić information content (AvgIpc) is 3.04. The third-order valence-corrected chi connectivity index (χ3v) is 4.56. The van der Waals surface area contributed by atoms with Crippen LogP contribution < -0.4 is 5.32 Å². The van der Waals surface area contributed by atoms with Gasteiger partial charge in [-0.1, -0.05) is 20.3 Å². The van der Waals surface area contributed by atoms with Crippen LogP contribution in [0.15, 0.2) is 37.1 Å². The maximum Gasteiger partial charge on any atom is 0.168 e. The van der Waals surface area contributed by atoms with E-state index in [0.717, 1.165) is 17.5 Å². The van der Waals surface area contributed by atoms with Gasteiger partial charge in [0.05, 0.1) is 22.9 Å². The molecule has 7 heteroatoms. The van der Waals surface area contributed by atoms with E-state index in [1.807, 2.05) is 26.0 Å². The van der Waals surface area contributed by atoms with E-state index in [1.54, 1.807) is 23.3 Å². The summed E-state index contributed by atoms with van der Waals surface area (Å²) in [5.41, 5.74) is 0.783. The van der Waals surface area contributed by atoms with Crippen molar-refractivity contribution < 1.29 is 5.11 Å². The van der Waals surface area contributed by atoms with Gasteiger partial charge in [-0.2, -0.15) is 5.10 Å². The minimum Gasteiger partial charge on any atom is -0.388 e. The average molecular weight is 326 g/mol. The Morgan fingerprint density at radius 2 is 2.04 bits per heavy atom. The maximum absolute atomic E-state index is 10.6. The number of hydrogen-bond acceptors (Lipinski definition) is 6. The summed E-state index contributed by atoms with van der Waals surface area (Å²) >= 11 is 0. The van der Waals surface area contributed by atoms with Gasteiger partial charge < -0.3 is 10.4 Å². The summed E-state index contributed by atoms with van der Waals surface area (Å²) in [6.07, 6.45) is 7.57. The van der Waals surface area contributed by atoms with Gasteiger partial charge in [-0.3, -0.25) is 4.98 Å². The summed E-state index contributed by atoms with van der Waals surface area (Å²) in [6, 6.07) is 3.74. The van der Waals surface area contributed by atoms with Gasteiger partial charge in [-0.15, -0.1) is 0 Å². The highest BCUT2D eigenvalue weighted by atomic mass is 16.3. The number of nitrogens with one attached hydrogen (secondary N) is 1. The SMILES string of the molecule is CCC(C)C(C)(O)CNc1ncnc2c1cnn2-c1ccncc1. The van der Waals surface area contributed by atoms with Crippen LogP contribution in [0.3, 0.4) is 0 Å². The fraction of sp³-hybridized carbons (Fsp3) is 0.412. The second-order valence-corrected chi connectivity index (χ2v) is 6.24. The zero-order valence-corrected chi connectivity index (χ0v) is 14.1. The lowest BCUT2D eigenvalue weighted by atomic mass is 9.89. The topological polar surface area (TPSA) is 88.8 Å². The van der Waals surface area contributed by atoms with E-state index in [1.165, 1.54) is 6.33 Å². The second-order valence-electron chi connectivity index (χ2n) is 6.24. The van der Waals surface area contributed by atoms with E-state index in [0.29, 0.717) is 18.0 Å². The van der Waals surface area contributed by atoms with Crippen molar-refractivity contribution in [2.24, 2.45) is 5.92 Å². The summed E-state index contributed by atoms with van der Waals surface area (Å²) in [5, 5.41) is 19.0. The predicted octanol–water partition coefficient (Wildman–Crippen LogP) is 2.42. The van der Waals surface area contributed by atoms with Crippen LogP contribution in [0.25, 0.3) is 16.7 Å². The Bertz CT molecular complexity index is 814. The number of pyridine rings is 1. The van der Waals surface area contributed by atoms with Crippen molar-refractivity contribution in [3.63, 3.8) is 0 Å². The lowest BCUT2D eigenvalue weighted by Gasteiger charge is -2.30. The molecule has 0 bridgehead atoms. The molecule has 0 amide bonds. The quantitative estimate of drug-likeness (QED) is 0.723. The highest BCUT2D eigenvalue weighted by Crippen LogP contribution is 2.24. The molecule has 2 atom stereocenters. The molecule has 0 spiro atoms. The van der Waals surface area contributed by atoms with Crippen LogP contribution in [-0.4, -0.2) is 42.0 Å². The van der Waals surface area contributed by atoms with E-state index in [4.69, 9.17) is 0 Å². The van der Waals surface area contributed by atoms with Crippen molar-refractivity contribution in [2.45, 2.75) is 32.8 Å². The highest BCUT2D eigenvalue weighted by Gasteiger charge is 2.27. The first-order valence-electron chi connectivity index (χ1n) is 8.08. The van der Waals surface area contributed by atoms with Gasteiger partial charge in [0.2, 0.25) is 0 Å². The van der Waals surface area contributed by atoms with Crippen molar-refractivity contribution in [3.05, 3.63) is 37.1 Å². The molecule has 7 nitrogen and oxygen atoms in total. The normalized spacial score (nSPS) is 15.2. The summed E-state index contributed by atoms with van der Waals surface area (Å²) < 4.78 is 1.75. The van der Waals surface area contributed by atoms with Gasteiger partial charge in [-0.05, 0) is 25.0 Å². The molecule has 0 aliphatic carbocycles.